The molecule has 0 saturated carbocycles. The first-order chi connectivity index (χ1) is 9.58. The Labute approximate surface area is 120 Å². The Balaban J connectivity index is 2.20. The van der Waals surface area contributed by atoms with Gasteiger partial charge < -0.3 is 16.4 Å². The molecule has 6 nitrogen and oxygen atoms in total. The summed E-state index contributed by atoms with van der Waals surface area (Å²) < 4.78 is 0. The van der Waals surface area contributed by atoms with Crippen LogP contribution in [0.4, 0.5) is 10.8 Å². The zero-order valence-electron chi connectivity index (χ0n) is 10.8. The summed E-state index contributed by atoms with van der Waals surface area (Å²) in [6, 6.07) is 7.28. The number of nitrogens with one attached hydrogen (secondary N) is 2. The van der Waals surface area contributed by atoms with E-state index < -0.39 is 0 Å². The summed E-state index contributed by atoms with van der Waals surface area (Å²) in [6.45, 7) is 1.37. The highest BCUT2D eigenvalue weighted by Crippen LogP contribution is 2.26. The van der Waals surface area contributed by atoms with Crippen molar-refractivity contribution in [3.05, 3.63) is 29.6 Å². The largest absolute Gasteiger partial charge is 0.325 e. The van der Waals surface area contributed by atoms with Crippen LogP contribution in [-0.2, 0) is 9.59 Å². The molecule has 7 heteroatoms. The van der Waals surface area contributed by atoms with Crippen molar-refractivity contribution >= 4 is 34.0 Å². The number of benzene rings is 1. The predicted molar refractivity (Wildman–Crippen MR) is 79.5 cm³/mol. The van der Waals surface area contributed by atoms with Gasteiger partial charge in [0.2, 0.25) is 11.8 Å². The van der Waals surface area contributed by atoms with Crippen molar-refractivity contribution in [1.82, 2.24) is 4.98 Å². The Hall–Kier alpha value is -2.25. The topological polar surface area (TPSA) is 97.1 Å². The fourth-order valence-corrected chi connectivity index (χ4v) is 2.35. The fourth-order valence-electron chi connectivity index (χ4n) is 1.58. The van der Waals surface area contributed by atoms with E-state index in [0.717, 1.165) is 11.3 Å². The highest BCUT2D eigenvalue weighted by Gasteiger charge is 2.07. The van der Waals surface area contributed by atoms with E-state index in [4.69, 9.17) is 5.73 Å². The van der Waals surface area contributed by atoms with Crippen molar-refractivity contribution in [3.8, 4) is 11.3 Å². The molecule has 0 fully saturated rings. The molecule has 0 unspecified atom stereocenters. The molecule has 1 aromatic carbocycles. The molecular weight excluding hydrogens is 276 g/mol. The van der Waals surface area contributed by atoms with Crippen LogP contribution in [0, 0.1) is 0 Å². The van der Waals surface area contributed by atoms with Crippen LogP contribution in [0.5, 0.6) is 0 Å². The van der Waals surface area contributed by atoms with Crippen LogP contribution in [0.3, 0.4) is 0 Å². The molecule has 0 bridgehead atoms. The highest BCUT2D eigenvalue weighted by molar-refractivity contribution is 7.14. The fraction of sp³-hybridized carbons (Fsp3) is 0.154. The molecule has 0 spiro atoms. The molecule has 0 saturated heterocycles. The molecule has 0 radical (unpaired) electrons. The summed E-state index contributed by atoms with van der Waals surface area (Å²) in [4.78, 5) is 26.5. The van der Waals surface area contributed by atoms with Gasteiger partial charge in [-0.05, 0) is 12.1 Å². The third-order valence-electron chi connectivity index (χ3n) is 2.41. The molecule has 20 heavy (non-hydrogen) atoms. The normalized spacial score (nSPS) is 10.1. The van der Waals surface area contributed by atoms with Crippen molar-refractivity contribution in [1.29, 1.82) is 0 Å². The molecule has 104 valence electrons. The number of anilines is 2. The van der Waals surface area contributed by atoms with Gasteiger partial charge in [0.15, 0.2) is 5.13 Å². The lowest BCUT2D eigenvalue weighted by Crippen LogP contribution is -2.21. The van der Waals surface area contributed by atoms with Crippen molar-refractivity contribution in [2.75, 3.05) is 17.2 Å². The minimum Gasteiger partial charge on any atom is -0.325 e. The number of carbonyl (C=O) groups is 2. The Morgan fingerprint density at radius 2 is 2.15 bits per heavy atom. The maximum absolute atomic E-state index is 11.3. The van der Waals surface area contributed by atoms with Crippen molar-refractivity contribution < 1.29 is 9.59 Å². The number of amides is 2. The number of aromatic nitrogens is 1. The zero-order chi connectivity index (χ0) is 14.5. The lowest BCUT2D eigenvalue weighted by Gasteiger charge is -2.05. The number of hydrogen-bond acceptors (Lipinski definition) is 5. The van der Waals surface area contributed by atoms with E-state index in [1.807, 2.05) is 17.5 Å². The lowest BCUT2D eigenvalue weighted by atomic mass is 10.1. The first-order valence-electron chi connectivity index (χ1n) is 5.92. The molecule has 2 aromatic rings. The molecule has 4 N–H and O–H groups in total. The van der Waals surface area contributed by atoms with Gasteiger partial charge in [0.05, 0.1) is 12.2 Å². The summed E-state index contributed by atoms with van der Waals surface area (Å²) in [5, 5.41) is 7.70. The van der Waals surface area contributed by atoms with E-state index >= 15 is 0 Å². The Kier molecular flexibility index (Phi) is 4.44. The number of nitrogens with zero attached hydrogens (tertiary/aromatic N) is 1. The third-order valence-corrected chi connectivity index (χ3v) is 3.17. The number of hydrogen-bond donors (Lipinski definition) is 3. The molecule has 0 aliphatic carbocycles. The molecule has 1 aromatic heterocycles. The zero-order valence-corrected chi connectivity index (χ0v) is 11.7. The Morgan fingerprint density at radius 1 is 1.35 bits per heavy atom. The van der Waals surface area contributed by atoms with Crippen molar-refractivity contribution in [3.63, 3.8) is 0 Å². The smallest absolute Gasteiger partial charge is 0.238 e. The van der Waals surface area contributed by atoms with E-state index in [2.05, 4.69) is 15.6 Å². The van der Waals surface area contributed by atoms with E-state index in [1.54, 1.807) is 12.1 Å². The second kappa shape index (κ2) is 6.27. The molecular formula is C13H14N4O2S. The van der Waals surface area contributed by atoms with Crippen LogP contribution in [-0.4, -0.2) is 23.3 Å². The van der Waals surface area contributed by atoms with Gasteiger partial charge in [-0.1, -0.05) is 12.1 Å². The maximum Gasteiger partial charge on any atom is 0.238 e. The third kappa shape index (κ3) is 3.62. The summed E-state index contributed by atoms with van der Waals surface area (Å²) in [5.74, 6) is -0.408. The second-order valence-corrected chi connectivity index (χ2v) is 4.91. The van der Waals surface area contributed by atoms with Crippen LogP contribution in [0.15, 0.2) is 29.6 Å². The molecule has 1 heterocycles. The first kappa shape index (κ1) is 14.2. The summed E-state index contributed by atoms with van der Waals surface area (Å²) in [7, 11) is 0. The van der Waals surface area contributed by atoms with Gasteiger partial charge in [0, 0.05) is 23.6 Å². The average molecular weight is 290 g/mol. The van der Waals surface area contributed by atoms with Gasteiger partial charge in [-0.3, -0.25) is 9.59 Å². The quantitative estimate of drug-likeness (QED) is 0.797. The number of carbonyl (C=O) groups excluding carboxylic acids is 2. The Bertz CT molecular complexity index is 639. The number of nitrogens with two attached hydrogens (primary N) is 1. The first-order valence-corrected chi connectivity index (χ1v) is 6.80. The van der Waals surface area contributed by atoms with E-state index in [1.165, 1.54) is 18.3 Å². The van der Waals surface area contributed by atoms with Gasteiger partial charge in [-0.25, -0.2) is 4.98 Å². The summed E-state index contributed by atoms with van der Waals surface area (Å²) in [5.41, 5.74) is 7.51. The average Bonchev–Trinajstić information content (AvgIpc) is 2.86. The van der Waals surface area contributed by atoms with Gasteiger partial charge in [0.1, 0.15) is 0 Å². The van der Waals surface area contributed by atoms with E-state index in [0.29, 0.717) is 10.8 Å². The lowest BCUT2D eigenvalue weighted by molar-refractivity contribution is -0.115. The maximum atomic E-state index is 11.3. The van der Waals surface area contributed by atoms with Crippen LogP contribution in [0.25, 0.3) is 11.3 Å². The van der Waals surface area contributed by atoms with Gasteiger partial charge >= 0.3 is 0 Å². The molecule has 2 rings (SSSR count). The van der Waals surface area contributed by atoms with Gasteiger partial charge in [-0.15, -0.1) is 11.3 Å². The van der Waals surface area contributed by atoms with E-state index in [-0.39, 0.29) is 18.4 Å². The number of thiazole rings is 1. The van der Waals surface area contributed by atoms with Crippen LogP contribution in [0.2, 0.25) is 0 Å². The molecule has 2 amide bonds. The number of rotatable bonds is 4. The second-order valence-electron chi connectivity index (χ2n) is 4.05. The molecule has 0 aliphatic heterocycles. The molecule has 0 atom stereocenters. The summed E-state index contributed by atoms with van der Waals surface area (Å²) in [6.07, 6.45) is 0. The van der Waals surface area contributed by atoms with Gasteiger partial charge in [-0.2, -0.15) is 0 Å². The van der Waals surface area contributed by atoms with Crippen molar-refractivity contribution in [2.24, 2.45) is 5.73 Å². The van der Waals surface area contributed by atoms with E-state index in [9.17, 15) is 9.59 Å². The van der Waals surface area contributed by atoms with Crippen molar-refractivity contribution in [2.45, 2.75) is 6.92 Å². The van der Waals surface area contributed by atoms with Gasteiger partial charge in [0.25, 0.3) is 0 Å². The molecule has 0 aliphatic rings. The van der Waals surface area contributed by atoms with Crippen LogP contribution in [0.1, 0.15) is 6.92 Å². The van der Waals surface area contributed by atoms with Crippen LogP contribution < -0.4 is 16.4 Å². The predicted octanol–water partition coefficient (Wildman–Crippen LogP) is 1.67. The Morgan fingerprint density at radius 3 is 2.85 bits per heavy atom. The highest BCUT2D eigenvalue weighted by atomic mass is 32.1. The monoisotopic (exact) mass is 290 g/mol. The minimum atomic E-state index is -0.251. The standard InChI is InChI=1S/C13H14N4O2S/c1-8(18)15-13-17-11(7-20-13)9-3-2-4-10(5-9)16-12(19)6-14/h2-5,7H,6,14H2,1H3,(H,16,19)(H,15,17,18). The van der Waals surface area contributed by atoms with Crippen LogP contribution >= 0.6 is 11.3 Å². The minimum absolute atomic E-state index is 0.0619. The summed E-state index contributed by atoms with van der Waals surface area (Å²) >= 11 is 1.35. The SMILES string of the molecule is CC(=O)Nc1nc(-c2cccc(NC(=O)CN)c2)cs1.